The van der Waals surface area contributed by atoms with Crippen LogP contribution >= 0.6 is 23.8 Å². The molecular weight excluding hydrogens is 368 g/mol. The Morgan fingerprint density at radius 2 is 1.96 bits per heavy atom. The normalized spacial score (nSPS) is 16.7. The summed E-state index contributed by atoms with van der Waals surface area (Å²) in [5, 5.41) is 7.11. The van der Waals surface area contributed by atoms with Crippen LogP contribution in [0.2, 0.25) is 5.02 Å². The number of carbonyl (C=O) groups excluding carboxylic acids is 1. The van der Waals surface area contributed by atoms with Crippen LogP contribution in [0.1, 0.15) is 31.0 Å². The molecule has 0 aliphatic carbocycles. The Hall–Kier alpha value is -2.37. The van der Waals surface area contributed by atoms with Crippen molar-refractivity contribution in [1.82, 2.24) is 10.6 Å². The Balaban J connectivity index is 1.83. The molecule has 2 N–H and O–H groups in total. The van der Waals surface area contributed by atoms with Crippen molar-refractivity contribution in [3.8, 4) is 5.75 Å². The van der Waals surface area contributed by atoms with Gasteiger partial charge in [-0.15, -0.1) is 0 Å². The Morgan fingerprint density at radius 3 is 2.62 bits per heavy atom. The third kappa shape index (κ3) is 4.06. The molecule has 134 valence electrons. The second kappa shape index (κ2) is 7.89. The number of Topliss-reactive ketones (excluding diaryl/α,β-unsaturated/α-hetero) is 1. The summed E-state index contributed by atoms with van der Waals surface area (Å²) < 4.78 is 5.81. The van der Waals surface area contributed by atoms with Gasteiger partial charge in [0, 0.05) is 11.3 Å². The SMILES string of the molecule is CC(=O)C1=C(C)NC(=S)NC1c1ccc(OCc2ccccc2)c(Cl)c1. The number of ether oxygens (including phenoxy) is 1. The molecular formula is C20H19ClN2O2S. The topological polar surface area (TPSA) is 50.4 Å². The van der Waals surface area contributed by atoms with Gasteiger partial charge in [0.05, 0.1) is 11.1 Å². The van der Waals surface area contributed by atoms with Crippen LogP contribution in [0.4, 0.5) is 0 Å². The van der Waals surface area contributed by atoms with E-state index >= 15 is 0 Å². The molecule has 1 atom stereocenters. The molecule has 0 saturated heterocycles. The molecule has 6 heteroatoms. The first-order chi connectivity index (χ1) is 12.5. The van der Waals surface area contributed by atoms with E-state index in [9.17, 15) is 4.79 Å². The van der Waals surface area contributed by atoms with Crippen LogP contribution < -0.4 is 15.4 Å². The second-order valence-electron chi connectivity index (χ2n) is 6.09. The van der Waals surface area contributed by atoms with Crippen molar-refractivity contribution in [3.05, 3.63) is 76.0 Å². The molecule has 2 aromatic carbocycles. The van der Waals surface area contributed by atoms with E-state index in [-0.39, 0.29) is 11.8 Å². The zero-order valence-electron chi connectivity index (χ0n) is 14.5. The molecule has 0 fully saturated rings. The van der Waals surface area contributed by atoms with E-state index < -0.39 is 0 Å². The molecule has 1 aliphatic heterocycles. The van der Waals surface area contributed by atoms with Crippen molar-refractivity contribution < 1.29 is 9.53 Å². The fraction of sp³-hybridized carbons (Fsp3) is 0.200. The maximum Gasteiger partial charge on any atom is 0.171 e. The van der Waals surface area contributed by atoms with Gasteiger partial charge >= 0.3 is 0 Å². The molecule has 1 unspecified atom stereocenters. The van der Waals surface area contributed by atoms with E-state index in [0.717, 1.165) is 16.8 Å². The number of halogens is 1. The van der Waals surface area contributed by atoms with E-state index in [1.54, 1.807) is 6.92 Å². The summed E-state index contributed by atoms with van der Waals surface area (Å²) in [6, 6.07) is 15.1. The van der Waals surface area contributed by atoms with Gasteiger partial charge in [0.2, 0.25) is 0 Å². The highest BCUT2D eigenvalue weighted by atomic mass is 35.5. The van der Waals surface area contributed by atoms with Gasteiger partial charge < -0.3 is 15.4 Å². The number of benzene rings is 2. The van der Waals surface area contributed by atoms with Crippen LogP contribution in [-0.4, -0.2) is 10.9 Å². The fourth-order valence-electron chi connectivity index (χ4n) is 2.96. The quantitative estimate of drug-likeness (QED) is 0.750. The molecule has 0 saturated carbocycles. The molecule has 0 aromatic heterocycles. The maximum absolute atomic E-state index is 12.1. The number of carbonyl (C=O) groups is 1. The maximum atomic E-state index is 12.1. The smallest absolute Gasteiger partial charge is 0.171 e. The third-order valence-electron chi connectivity index (χ3n) is 4.17. The van der Waals surface area contributed by atoms with Crippen molar-refractivity contribution in [1.29, 1.82) is 0 Å². The van der Waals surface area contributed by atoms with Crippen molar-refractivity contribution in [2.24, 2.45) is 0 Å². The fourth-order valence-corrected chi connectivity index (χ4v) is 3.47. The van der Waals surface area contributed by atoms with Crippen molar-refractivity contribution >= 4 is 34.7 Å². The molecule has 3 rings (SSSR count). The van der Waals surface area contributed by atoms with Crippen molar-refractivity contribution in [3.63, 3.8) is 0 Å². The van der Waals surface area contributed by atoms with Gasteiger partial charge in [0.25, 0.3) is 0 Å². The number of thiocarbonyl (C=S) groups is 1. The Morgan fingerprint density at radius 1 is 1.23 bits per heavy atom. The zero-order valence-corrected chi connectivity index (χ0v) is 16.1. The Kier molecular flexibility index (Phi) is 5.59. The van der Waals surface area contributed by atoms with E-state index in [2.05, 4.69) is 10.6 Å². The van der Waals surface area contributed by atoms with Crippen LogP contribution in [0, 0.1) is 0 Å². The van der Waals surface area contributed by atoms with Crippen LogP contribution in [0.5, 0.6) is 5.75 Å². The highest BCUT2D eigenvalue weighted by Gasteiger charge is 2.28. The van der Waals surface area contributed by atoms with Gasteiger partial charge in [0.1, 0.15) is 12.4 Å². The van der Waals surface area contributed by atoms with Gasteiger partial charge in [-0.1, -0.05) is 48.0 Å². The molecule has 1 aliphatic rings. The van der Waals surface area contributed by atoms with Crippen LogP contribution in [0.25, 0.3) is 0 Å². The molecule has 0 radical (unpaired) electrons. The number of hydrogen-bond donors (Lipinski definition) is 2. The molecule has 1 heterocycles. The summed E-state index contributed by atoms with van der Waals surface area (Å²) in [5.41, 5.74) is 3.32. The van der Waals surface area contributed by atoms with Gasteiger partial charge in [0.15, 0.2) is 10.9 Å². The first-order valence-corrected chi connectivity index (χ1v) is 8.99. The number of rotatable bonds is 5. The minimum absolute atomic E-state index is 0.0180. The molecule has 26 heavy (non-hydrogen) atoms. The third-order valence-corrected chi connectivity index (χ3v) is 4.69. The van der Waals surface area contributed by atoms with Gasteiger partial charge in [-0.2, -0.15) is 0 Å². The standard InChI is InChI=1S/C20H19ClN2O2S/c1-12-18(13(2)24)19(23-20(26)22-12)15-8-9-17(16(21)10-15)25-11-14-6-4-3-5-7-14/h3-10,19H,11H2,1-2H3,(H2,22,23,26). The summed E-state index contributed by atoms with van der Waals surface area (Å²) in [6.07, 6.45) is 0. The van der Waals surface area contributed by atoms with Crippen LogP contribution in [-0.2, 0) is 11.4 Å². The summed E-state index contributed by atoms with van der Waals surface area (Å²) in [5.74, 6) is 0.580. The van der Waals surface area contributed by atoms with Gasteiger partial charge in [-0.3, -0.25) is 4.79 Å². The summed E-state index contributed by atoms with van der Waals surface area (Å²) in [6.45, 7) is 3.83. The summed E-state index contributed by atoms with van der Waals surface area (Å²) in [4.78, 5) is 12.1. The first-order valence-electron chi connectivity index (χ1n) is 8.21. The lowest BCUT2D eigenvalue weighted by atomic mass is 9.93. The van der Waals surface area contributed by atoms with Crippen molar-refractivity contribution in [2.75, 3.05) is 0 Å². The first kappa shape index (κ1) is 18.4. The number of nitrogens with one attached hydrogen (secondary N) is 2. The Labute approximate surface area is 163 Å². The van der Waals surface area contributed by atoms with E-state index in [1.165, 1.54) is 0 Å². The van der Waals surface area contributed by atoms with Crippen molar-refractivity contribution in [2.45, 2.75) is 26.5 Å². The monoisotopic (exact) mass is 386 g/mol. The minimum atomic E-state index is -0.332. The molecule has 0 spiro atoms. The molecule has 0 bridgehead atoms. The minimum Gasteiger partial charge on any atom is -0.487 e. The zero-order chi connectivity index (χ0) is 18.7. The molecule has 0 amide bonds. The number of ketones is 1. The number of allylic oxidation sites excluding steroid dienone is 1. The lowest BCUT2D eigenvalue weighted by molar-refractivity contribution is -0.114. The van der Waals surface area contributed by atoms with E-state index in [4.69, 9.17) is 28.6 Å². The molecule has 2 aromatic rings. The van der Waals surface area contributed by atoms with Crippen LogP contribution in [0.15, 0.2) is 59.8 Å². The Bertz CT molecular complexity index is 881. The average Bonchev–Trinajstić information content (AvgIpc) is 2.60. The average molecular weight is 387 g/mol. The van der Waals surface area contributed by atoms with Crippen LogP contribution in [0.3, 0.4) is 0 Å². The highest BCUT2D eigenvalue weighted by molar-refractivity contribution is 7.80. The summed E-state index contributed by atoms with van der Waals surface area (Å²) in [7, 11) is 0. The largest absolute Gasteiger partial charge is 0.487 e. The predicted molar refractivity (Wildman–Crippen MR) is 107 cm³/mol. The lowest BCUT2D eigenvalue weighted by Gasteiger charge is -2.30. The second-order valence-corrected chi connectivity index (χ2v) is 6.91. The van der Waals surface area contributed by atoms with E-state index in [0.29, 0.717) is 28.1 Å². The number of hydrogen-bond acceptors (Lipinski definition) is 3. The highest BCUT2D eigenvalue weighted by Crippen LogP contribution is 2.33. The van der Waals surface area contributed by atoms with Gasteiger partial charge in [-0.25, -0.2) is 0 Å². The lowest BCUT2D eigenvalue weighted by Crippen LogP contribution is -2.44. The summed E-state index contributed by atoms with van der Waals surface area (Å²) >= 11 is 11.6. The predicted octanol–water partition coefficient (Wildman–Crippen LogP) is 4.30. The molecule has 4 nitrogen and oxygen atoms in total. The van der Waals surface area contributed by atoms with Gasteiger partial charge in [-0.05, 0) is 49.3 Å². The van der Waals surface area contributed by atoms with E-state index in [1.807, 2.05) is 55.5 Å².